The summed E-state index contributed by atoms with van der Waals surface area (Å²) in [5.41, 5.74) is 2.08. The maximum absolute atomic E-state index is 12.6. The first-order chi connectivity index (χ1) is 10.5. The van der Waals surface area contributed by atoms with Crippen molar-refractivity contribution in [3.8, 4) is 0 Å². The number of hydrogen-bond donors (Lipinski definition) is 1. The molecule has 112 valence electrons. The average molecular weight is 355 g/mol. The SMILES string of the molecule is Cc1nc2ccc(Cl)cn2c1C(=O)Nc1cccc(Cl)c1Cl. The first kappa shape index (κ1) is 15.2. The van der Waals surface area contributed by atoms with Crippen molar-refractivity contribution in [2.45, 2.75) is 6.92 Å². The van der Waals surface area contributed by atoms with Crippen molar-refractivity contribution >= 4 is 52.0 Å². The molecule has 1 aromatic carbocycles. The fraction of sp³-hybridized carbons (Fsp3) is 0.0667. The number of fused-ring (bicyclic) bond motifs is 1. The molecule has 0 bridgehead atoms. The number of halogens is 3. The average Bonchev–Trinajstić information content (AvgIpc) is 2.79. The van der Waals surface area contributed by atoms with Gasteiger partial charge in [-0.1, -0.05) is 40.9 Å². The van der Waals surface area contributed by atoms with Gasteiger partial charge >= 0.3 is 0 Å². The Bertz CT molecular complexity index is 889. The van der Waals surface area contributed by atoms with Crippen LogP contribution in [0.4, 0.5) is 5.69 Å². The van der Waals surface area contributed by atoms with Gasteiger partial charge in [0, 0.05) is 6.20 Å². The van der Waals surface area contributed by atoms with E-state index in [1.807, 2.05) is 0 Å². The van der Waals surface area contributed by atoms with Gasteiger partial charge in [-0.2, -0.15) is 0 Å². The van der Waals surface area contributed by atoms with E-state index in [-0.39, 0.29) is 5.91 Å². The van der Waals surface area contributed by atoms with Crippen LogP contribution in [0.15, 0.2) is 36.5 Å². The van der Waals surface area contributed by atoms with Gasteiger partial charge in [0.1, 0.15) is 11.3 Å². The topological polar surface area (TPSA) is 46.4 Å². The number of aromatic nitrogens is 2. The number of nitrogens with one attached hydrogen (secondary N) is 1. The summed E-state index contributed by atoms with van der Waals surface area (Å²) in [5.74, 6) is -0.337. The van der Waals surface area contributed by atoms with Crippen molar-refractivity contribution in [3.05, 3.63) is 63.0 Å². The number of anilines is 1. The highest BCUT2D eigenvalue weighted by Crippen LogP contribution is 2.30. The van der Waals surface area contributed by atoms with Gasteiger partial charge in [0.15, 0.2) is 0 Å². The maximum Gasteiger partial charge on any atom is 0.274 e. The van der Waals surface area contributed by atoms with Crippen LogP contribution in [0.25, 0.3) is 5.65 Å². The molecule has 0 saturated heterocycles. The molecule has 0 atom stereocenters. The molecule has 0 fully saturated rings. The lowest BCUT2D eigenvalue weighted by Crippen LogP contribution is -2.16. The van der Waals surface area contributed by atoms with E-state index in [4.69, 9.17) is 34.8 Å². The zero-order chi connectivity index (χ0) is 15.9. The van der Waals surface area contributed by atoms with Gasteiger partial charge in [0.05, 0.1) is 26.4 Å². The lowest BCUT2D eigenvalue weighted by atomic mass is 10.2. The van der Waals surface area contributed by atoms with Crippen molar-refractivity contribution < 1.29 is 4.79 Å². The van der Waals surface area contributed by atoms with Crippen LogP contribution in [0, 0.1) is 6.92 Å². The highest BCUT2D eigenvalue weighted by Gasteiger charge is 2.18. The molecule has 0 aliphatic carbocycles. The molecule has 0 spiro atoms. The van der Waals surface area contributed by atoms with Crippen LogP contribution in [-0.4, -0.2) is 15.3 Å². The third-order valence-electron chi connectivity index (χ3n) is 3.17. The highest BCUT2D eigenvalue weighted by atomic mass is 35.5. The number of pyridine rings is 1. The van der Waals surface area contributed by atoms with Crippen molar-refractivity contribution in [2.75, 3.05) is 5.32 Å². The van der Waals surface area contributed by atoms with E-state index >= 15 is 0 Å². The fourth-order valence-electron chi connectivity index (χ4n) is 2.19. The number of hydrogen-bond acceptors (Lipinski definition) is 2. The molecule has 0 unspecified atom stereocenters. The molecule has 1 N–H and O–H groups in total. The minimum atomic E-state index is -0.337. The normalized spacial score (nSPS) is 10.9. The molecular weight excluding hydrogens is 345 g/mol. The number of rotatable bonds is 2. The Labute approximate surface area is 141 Å². The molecule has 2 heterocycles. The maximum atomic E-state index is 12.6. The van der Waals surface area contributed by atoms with Gasteiger partial charge in [-0.05, 0) is 31.2 Å². The Morgan fingerprint density at radius 3 is 2.73 bits per heavy atom. The van der Waals surface area contributed by atoms with Crippen molar-refractivity contribution in [3.63, 3.8) is 0 Å². The number of aryl methyl sites for hydroxylation is 1. The molecule has 7 heteroatoms. The van der Waals surface area contributed by atoms with E-state index in [1.54, 1.807) is 47.9 Å². The smallest absolute Gasteiger partial charge is 0.274 e. The molecule has 22 heavy (non-hydrogen) atoms. The zero-order valence-corrected chi connectivity index (χ0v) is 13.7. The van der Waals surface area contributed by atoms with Crippen LogP contribution in [0.5, 0.6) is 0 Å². The number of imidazole rings is 1. The monoisotopic (exact) mass is 353 g/mol. The predicted molar refractivity (Wildman–Crippen MR) is 89.4 cm³/mol. The van der Waals surface area contributed by atoms with Gasteiger partial charge in [-0.25, -0.2) is 4.98 Å². The molecule has 4 nitrogen and oxygen atoms in total. The standard InChI is InChI=1S/C15H10Cl3N3O/c1-8-14(21-7-9(16)5-6-12(21)19-8)15(22)20-11-4-2-3-10(17)13(11)18/h2-7H,1H3,(H,20,22). The number of benzene rings is 1. The van der Waals surface area contributed by atoms with E-state index in [1.165, 1.54) is 0 Å². The molecule has 2 aromatic heterocycles. The Balaban J connectivity index is 2.04. The minimum Gasteiger partial charge on any atom is -0.319 e. The van der Waals surface area contributed by atoms with Crippen LogP contribution in [0.2, 0.25) is 15.1 Å². The summed E-state index contributed by atoms with van der Waals surface area (Å²) in [6.45, 7) is 1.76. The minimum absolute atomic E-state index is 0.294. The highest BCUT2D eigenvalue weighted by molar-refractivity contribution is 6.44. The Morgan fingerprint density at radius 1 is 1.18 bits per heavy atom. The molecule has 0 aliphatic rings. The number of amides is 1. The van der Waals surface area contributed by atoms with E-state index in [0.29, 0.717) is 37.8 Å². The van der Waals surface area contributed by atoms with Gasteiger partial charge in [-0.3, -0.25) is 9.20 Å². The number of nitrogens with zero attached hydrogens (tertiary/aromatic N) is 2. The Morgan fingerprint density at radius 2 is 1.95 bits per heavy atom. The van der Waals surface area contributed by atoms with Gasteiger partial charge in [0.2, 0.25) is 0 Å². The summed E-state index contributed by atoms with van der Waals surface area (Å²) in [5, 5.41) is 3.93. The first-order valence-corrected chi connectivity index (χ1v) is 7.50. The van der Waals surface area contributed by atoms with Crippen LogP contribution in [-0.2, 0) is 0 Å². The third-order valence-corrected chi connectivity index (χ3v) is 4.21. The second-order valence-corrected chi connectivity index (χ2v) is 5.90. The fourth-order valence-corrected chi connectivity index (χ4v) is 2.70. The van der Waals surface area contributed by atoms with Gasteiger partial charge < -0.3 is 5.32 Å². The van der Waals surface area contributed by atoms with Gasteiger partial charge in [0.25, 0.3) is 5.91 Å². The van der Waals surface area contributed by atoms with Crippen LogP contribution >= 0.6 is 34.8 Å². The van der Waals surface area contributed by atoms with Crippen molar-refractivity contribution in [1.29, 1.82) is 0 Å². The second-order valence-electron chi connectivity index (χ2n) is 4.68. The second kappa shape index (κ2) is 5.80. The van der Waals surface area contributed by atoms with E-state index in [0.717, 1.165) is 0 Å². The first-order valence-electron chi connectivity index (χ1n) is 6.37. The van der Waals surface area contributed by atoms with E-state index < -0.39 is 0 Å². The number of carbonyl (C=O) groups excluding carboxylic acids is 1. The van der Waals surface area contributed by atoms with Crippen molar-refractivity contribution in [2.24, 2.45) is 0 Å². The summed E-state index contributed by atoms with van der Waals surface area (Å²) in [6, 6.07) is 8.51. The lowest BCUT2D eigenvalue weighted by Gasteiger charge is -2.08. The molecule has 3 aromatic rings. The molecule has 0 radical (unpaired) electrons. The zero-order valence-electron chi connectivity index (χ0n) is 11.4. The Hall–Kier alpha value is -1.75. The van der Waals surface area contributed by atoms with Crippen LogP contribution in [0.3, 0.4) is 0 Å². The predicted octanol–water partition coefficient (Wildman–Crippen LogP) is 4.86. The summed E-state index contributed by atoms with van der Waals surface area (Å²) in [7, 11) is 0. The molecular formula is C15H10Cl3N3O. The van der Waals surface area contributed by atoms with Crippen LogP contribution < -0.4 is 5.32 Å². The summed E-state index contributed by atoms with van der Waals surface area (Å²) in [4.78, 5) is 16.9. The van der Waals surface area contributed by atoms with Crippen LogP contribution in [0.1, 0.15) is 16.2 Å². The summed E-state index contributed by atoms with van der Waals surface area (Å²) < 4.78 is 1.64. The number of carbonyl (C=O) groups is 1. The molecule has 0 saturated carbocycles. The van der Waals surface area contributed by atoms with Gasteiger partial charge in [-0.15, -0.1) is 0 Å². The van der Waals surface area contributed by atoms with E-state index in [2.05, 4.69) is 10.3 Å². The molecule has 3 rings (SSSR count). The summed E-state index contributed by atoms with van der Waals surface area (Å²) in [6.07, 6.45) is 1.64. The Kier molecular flexibility index (Phi) is 4.00. The largest absolute Gasteiger partial charge is 0.319 e. The van der Waals surface area contributed by atoms with Crippen molar-refractivity contribution in [1.82, 2.24) is 9.38 Å². The summed E-state index contributed by atoms with van der Waals surface area (Å²) >= 11 is 18.0. The third kappa shape index (κ3) is 2.65. The van der Waals surface area contributed by atoms with E-state index in [9.17, 15) is 4.79 Å². The quantitative estimate of drug-likeness (QED) is 0.714. The molecule has 0 aliphatic heterocycles. The lowest BCUT2D eigenvalue weighted by molar-refractivity contribution is 0.102. The molecule has 1 amide bonds.